The van der Waals surface area contributed by atoms with E-state index in [2.05, 4.69) is 8.92 Å². The highest BCUT2D eigenvalue weighted by atomic mass is 32.2. The van der Waals surface area contributed by atoms with Gasteiger partial charge in [-0.15, -0.1) is 0 Å². The standard InChI is InChI=1S/C16H22F2O7S/c1-23-26(21,22)16(17,18)14(20)25-3-2-24-13(19)15-7-10-4-11(8-15)6-12(5-10)9-15/h10-12H,2-9H2,1H3. The molecule has 4 rings (SSSR count). The van der Waals surface area contributed by atoms with Crippen LogP contribution in [0.3, 0.4) is 0 Å². The Morgan fingerprint density at radius 3 is 1.92 bits per heavy atom. The predicted molar refractivity (Wildman–Crippen MR) is 83.4 cm³/mol. The summed E-state index contributed by atoms with van der Waals surface area (Å²) >= 11 is 0. The van der Waals surface area contributed by atoms with Crippen molar-refractivity contribution in [1.82, 2.24) is 0 Å². The molecule has 0 aliphatic heterocycles. The van der Waals surface area contributed by atoms with Crippen LogP contribution in [0.1, 0.15) is 38.5 Å². The molecule has 0 radical (unpaired) electrons. The Kier molecular flexibility index (Phi) is 5.02. The average molecular weight is 396 g/mol. The summed E-state index contributed by atoms with van der Waals surface area (Å²) in [5.74, 6) is -0.993. The molecule has 0 aromatic rings. The summed E-state index contributed by atoms with van der Waals surface area (Å²) in [4.78, 5) is 23.8. The molecule has 10 heteroatoms. The quantitative estimate of drug-likeness (QED) is 0.368. The Bertz CT molecular complexity index is 653. The van der Waals surface area contributed by atoms with Crippen LogP contribution in [-0.2, 0) is 33.4 Å². The van der Waals surface area contributed by atoms with Crippen LogP contribution < -0.4 is 0 Å². The van der Waals surface area contributed by atoms with Gasteiger partial charge in [-0.3, -0.25) is 8.98 Å². The summed E-state index contributed by atoms with van der Waals surface area (Å²) in [6, 6.07) is 0. The fourth-order valence-corrected chi connectivity index (χ4v) is 5.55. The molecule has 0 atom stereocenters. The summed E-state index contributed by atoms with van der Waals surface area (Å²) < 4.78 is 61.8. The zero-order valence-corrected chi connectivity index (χ0v) is 15.2. The van der Waals surface area contributed by atoms with Crippen LogP contribution in [0.15, 0.2) is 0 Å². The van der Waals surface area contributed by atoms with Crippen LogP contribution in [0.25, 0.3) is 0 Å². The normalized spacial score (nSPS) is 33.1. The van der Waals surface area contributed by atoms with E-state index in [1.54, 1.807) is 0 Å². The Labute approximate surface area is 150 Å². The highest BCUT2D eigenvalue weighted by Gasteiger charge is 2.56. The van der Waals surface area contributed by atoms with Crippen LogP contribution in [0.4, 0.5) is 8.78 Å². The van der Waals surface area contributed by atoms with Crippen LogP contribution in [-0.4, -0.2) is 45.9 Å². The second-order valence-corrected chi connectivity index (χ2v) is 9.36. The van der Waals surface area contributed by atoms with Crippen molar-refractivity contribution in [2.24, 2.45) is 23.2 Å². The van der Waals surface area contributed by atoms with Gasteiger partial charge < -0.3 is 9.47 Å². The van der Waals surface area contributed by atoms with E-state index in [0.717, 1.165) is 38.5 Å². The van der Waals surface area contributed by atoms with Gasteiger partial charge in [0.15, 0.2) is 0 Å². The molecule has 4 bridgehead atoms. The van der Waals surface area contributed by atoms with E-state index < -0.39 is 40.0 Å². The summed E-state index contributed by atoms with van der Waals surface area (Å²) in [6.45, 7) is -1.04. The molecule has 148 valence electrons. The molecule has 0 amide bonds. The molecular weight excluding hydrogens is 374 g/mol. The highest BCUT2D eigenvalue weighted by Crippen LogP contribution is 2.60. The number of hydrogen-bond acceptors (Lipinski definition) is 7. The lowest BCUT2D eigenvalue weighted by molar-refractivity contribution is -0.176. The van der Waals surface area contributed by atoms with Crippen molar-refractivity contribution in [3.63, 3.8) is 0 Å². The Morgan fingerprint density at radius 1 is 1.00 bits per heavy atom. The van der Waals surface area contributed by atoms with Crippen molar-refractivity contribution in [3.8, 4) is 0 Å². The van der Waals surface area contributed by atoms with Gasteiger partial charge in [0.2, 0.25) is 0 Å². The average Bonchev–Trinajstić information content (AvgIpc) is 2.56. The maximum atomic E-state index is 13.4. The van der Waals surface area contributed by atoms with Gasteiger partial charge in [-0.05, 0) is 56.3 Å². The molecule has 0 unspecified atom stereocenters. The van der Waals surface area contributed by atoms with Crippen molar-refractivity contribution in [2.75, 3.05) is 20.3 Å². The zero-order chi connectivity index (χ0) is 19.2. The van der Waals surface area contributed by atoms with Gasteiger partial charge in [0, 0.05) is 0 Å². The SMILES string of the molecule is COS(=O)(=O)C(F)(F)C(=O)OCCOC(=O)C12CC3CC(CC(C3)C1)C2. The molecule has 0 aromatic carbocycles. The first-order chi connectivity index (χ1) is 12.1. The number of halogens is 2. The first-order valence-corrected chi connectivity index (χ1v) is 10.0. The molecule has 26 heavy (non-hydrogen) atoms. The fourth-order valence-electron chi connectivity index (χ4n) is 5.07. The summed E-state index contributed by atoms with van der Waals surface area (Å²) in [6.07, 6.45) is 5.86. The Hall–Kier alpha value is -1.29. The van der Waals surface area contributed by atoms with E-state index in [1.165, 1.54) is 0 Å². The van der Waals surface area contributed by atoms with Gasteiger partial charge in [-0.1, -0.05) is 0 Å². The third-order valence-corrected chi connectivity index (χ3v) is 7.03. The molecule has 0 spiro atoms. The summed E-state index contributed by atoms with van der Waals surface area (Å²) in [7, 11) is -4.88. The van der Waals surface area contributed by atoms with E-state index in [9.17, 15) is 26.8 Å². The van der Waals surface area contributed by atoms with E-state index >= 15 is 0 Å². The zero-order valence-electron chi connectivity index (χ0n) is 14.4. The monoisotopic (exact) mass is 396 g/mol. The second kappa shape index (κ2) is 6.70. The highest BCUT2D eigenvalue weighted by molar-refractivity contribution is 7.88. The maximum absolute atomic E-state index is 13.4. The lowest BCUT2D eigenvalue weighted by Crippen LogP contribution is -2.50. The Balaban J connectivity index is 1.48. The summed E-state index contributed by atoms with van der Waals surface area (Å²) in [5.41, 5.74) is -0.498. The van der Waals surface area contributed by atoms with E-state index in [4.69, 9.17) is 4.74 Å². The molecule has 7 nitrogen and oxygen atoms in total. The molecule has 4 saturated carbocycles. The molecule has 4 fully saturated rings. The van der Waals surface area contributed by atoms with Crippen molar-refractivity contribution in [3.05, 3.63) is 0 Å². The van der Waals surface area contributed by atoms with Gasteiger partial charge in [-0.2, -0.15) is 17.2 Å². The van der Waals surface area contributed by atoms with Crippen molar-refractivity contribution >= 4 is 22.1 Å². The van der Waals surface area contributed by atoms with E-state index in [1.807, 2.05) is 0 Å². The van der Waals surface area contributed by atoms with Gasteiger partial charge in [-0.25, -0.2) is 4.79 Å². The molecule has 0 heterocycles. The van der Waals surface area contributed by atoms with Crippen molar-refractivity contribution in [1.29, 1.82) is 0 Å². The number of ether oxygens (including phenoxy) is 2. The predicted octanol–water partition coefficient (Wildman–Crippen LogP) is 1.86. The minimum atomic E-state index is -5.40. The number of carbonyl (C=O) groups is 2. The van der Waals surface area contributed by atoms with Gasteiger partial charge in [0.05, 0.1) is 12.5 Å². The molecule has 0 saturated heterocycles. The summed E-state index contributed by atoms with van der Waals surface area (Å²) in [5, 5.41) is -4.81. The van der Waals surface area contributed by atoms with Crippen LogP contribution in [0.5, 0.6) is 0 Å². The number of alkyl halides is 2. The molecule has 0 aromatic heterocycles. The van der Waals surface area contributed by atoms with Gasteiger partial charge in [0.25, 0.3) is 0 Å². The van der Waals surface area contributed by atoms with E-state index in [0.29, 0.717) is 24.9 Å². The molecule has 0 N–H and O–H groups in total. The van der Waals surface area contributed by atoms with Crippen molar-refractivity contribution < 1.29 is 40.4 Å². The number of carbonyl (C=O) groups excluding carboxylic acids is 2. The number of rotatable bonds is 7. The first kappa shape index (κ1) is 19.5. The smallest absolute Gasteiger partial charge is 0.462 e. The first-order valence-electron chi connectivity index (χ1n) is 8.62. The lowest BCUT2D eigenvalue weighted by Gasteiger charge is -2.55. The largest absolute Gasteiger partial charge is 0.466 e. The maximum Gasteiger partial charge on any atom is 0.466 e. The van der Waals surface area contributed by atoms with Gasteiger partial charge >= 0.3 is 27.3 Å². The van der Waals surface area contributed by atoms with Crippen LogP contribution in [0, 0.1) is 23.2 Å². The topological polar surface area (TPSA) is 96.0 Å². The van der Waals surface area contributed by atoms with Crippen molar-refractivity contribution in [2.45, 2.75) is 43.8 Å². The third kappa shape index (κ3) is 3.33. The second-order valence-electron chi connectivity index (χ2n) is 7.61. The molecule has 4 aliphatic carbocycles. The number of hydrogen-bond donors (Lipinski definition) is 0. The fraction of sp³-hybridized carbons (Fsp3) is 0.875. The van der Waals surface area contributed by atoms with Gasteiger partial charge in [0.1, 0.15) is 13.2 Å². The number of esters is 2. The minimum Gasteiger partial charge on any atom is -0.462 e. The van der Waals surface area contributed by atoms with Crippen LogP contribution >= 0.6 is 0 Å². The molecular formula is C16H22F2O7S. The Morgan fingerprint density at radius 2 is 1.46 bits per heavy atom. The lowest BCUT2D eigenvalue weighted by atomic mass is 9.49. The minimum absolute atomic E-state index is 0.371. The van der Waals surface area contributed by atoms with Crippen LogP contribution in [0.2, 0.25) is 0 Å². The third-order valence-electron chi connectivity index (χ3n) is 5.79. The van der Waals surface area contributed by atoms with E-state index in [-0.39, 0.29) is 5.97 Å². The molecule has 4 aliphatic rings.